The third-order valence-electron chi connectivity index (χ3n) is 3.19. The van der Waals surface area contributed by atoms with E-state index in [9.17, 15) is 0 Å². The quantitative estimate of drug-likeness (QED) is 0.730. The van der Waals surface area contributed by atoms with Gasteiger partial charge in [-0.05, 0) is 35.7 Å². The van der Waals surface area contributed by atoms with Gasteiger partial charge in [-0.15, -0.1) is 0 Å². The van der Waals surface area contributed by atoms with Crippen LogP contribution in [0.5, 0.6) is 0 Å². The van der Waals surface area contributed by atoms with Gasteiger partial charge in [0.25, 0.3) is 0 Å². The van der Waals surface area contributed by atoms with Crippen molar-refractivity contribution in [1.29, 1.82) is 5.26 Å². The molecule has 0 aliphatic heterocycles. The van der Waals surface area contributed by atoms with E-state index < -0.39 is 0 Å². The van der Waals surface area contributed by atoms with Crippen LogP contribution in [0.25, 0.3) is 22.3 Å². The Labute approximate surface area is 121 Å². The molecule has 20 heavy (non-hydrogen) atoms. The van der Waals surface area contributed by atoms with Gasteiger partial charge in [0.1, 0.15) is 5.65 Å². The molecule has 5 heteroatoms. The fourth-order valence-corrected chi connectivity index (χ4v) is 2.46. The van der Waals surface area contributed by atoms with Crippen molar-refractivity contribution in [1.82, 2.24) is 15.0 Å². The standard InChI is InChI=1S/C15H11ClN4/c1-9-8-18-14-12(9)13(19-15(16)20-14)11-4-2-3-10(7-11)5-6-17/h2-4,7-8H,5H2,1H3,(H,18,19,20). The summed E-state index contributed by atoms with van der Waals surface area (Å²) in [7, 11) is 0. The molecular formula is C15H11ClN4. The van der Waals surface area contributed by atoms with Crippen molar-refractivity contribution < 1.29 is 0 Å². The molecule has 0 aliphatic carbocycles. The molecule has 0 aliphatic rings. The molecule has 0 unspecified atom stereocenters. The van der Waals surface area contributed by atoms with Gasteiger partial charge < -0.3 is 4.98 Å². The van der Waals surface area contributed by atoms with Crippen LogP contribution in [-0.4, -0.2) is 15.0 Å². The number of aryl methyl sites for hydroxylation is 1. The van der Waals surface area contributed by atoms with Crippen molar-refractivity contribution in [3.8, 4) is 17.3 Å². The summed E-state index contributed by atoms with van der Waals surface area (Å²) in [4.78, 5) is 11.6. The van der Waals surface area contributed by atoms with Crippen LogP contribution in [-0.2, 0) is 6.42 Å². The van der Waals surface area contributed by atoms with Crippen LogP contribution < -0.4 is 0 Å². The Morgan fingerprint density at radius 2 is 2.20 bits per heavy atom. The van der Waals surface area contributed by atoms with E-state index >= 15 is 0 Å². The van der Waals surface area contributed by atoms with E-state index in [1.807, 2.05) is 37.4 Å². The van der Waals surface area contributed by atoms with E-state index in [0.717, 1.165) is 33.4 Å². The molecule has 3 aromatic rings. The number of halogens is 1. The molecule has 0 saturated heterocycles. The van der Waals surface area contributed by atoms with E-state index in [0.29, 0.717) is 6.42 Å². The maximum absolute atomic E-state index is 8.81. The van der Waals surface area contributed by atoms with E-state index in [-0.39, 0.29) is 5.28 Å². The molecule has 0 atom stereocenters. The summed E-state index contributed by atoms with van der Waals surface area (Å²) >= 11 is 5.99. The molecular weight excluding hydrogens is 272 g/mol. The van der Waals surface area contributed by atoms with Crippen molar-refractivity contribution in [3.05, 3.63) is 46.9 Å². The van der Waals surface area contributed by atoms with E-state index in [1.54, 1.807) is 0 Å². The lowest BCUT2D eigenvalue weighted by molar-refractivity contribution is 1.20. The maximum atomic E-state index is 8.81. The van der Waals surface area contributed by atoms with Gasteiger partial charge in [-0.1, -0.05) is 18.2 Å². The summed E-state index contributed by atoms with van der Waals surface area (Å²) in [5.74, 6) is 0. The van der Waals surface area contributed by atoms with Gasteiger partial charge in [0.15, 0.2) is 0 Å². The Balaban J connectivity index is 2.26. The highest BCUT2D eigenvalue weighted by Gasteiger charge is 2.12. The second-order valence-electron chi connectivity index (χ2n) is 4.57. The molecule has 4 nitrogen and oxygen atoms in total. The Hall–Kier alpha value is -2.38. The summed E-state index contributed by atoms with van der Waals surface area (Å²) in [6, 6.07) is 9.93. The Bertz CT molecular complexity index is 829. The first-order valence-electron chi connectivity index (χ1n) is 6.16. The van der Waals surface area contributed by atoms with Crippen LogP contribution in [0.2, 0.25) is 5.28 Å². The number of nitriles is 1. The van der Waals surface area contributed by atoms with Gasteiger partial charge in [-0.3, -0.25) is 0 Å². The first-order chi connectivity index (χ1) is 9.69. The topological polar surface area (TPSA) is 65.4 Å². The normalized spacial score (nSPS) is 10.7. The second kappa shape index (κ2) is 4.95. The van der Waals surface area contributed by atoms with Crippen molar-refractivity contribution in [3.63, 3.8) is 0 Å². The highest BCUT2D eigenvalue weighted by atomic mass is 35.5. The highest BCUT2D eigenvalue weighted by molar-refractivity contribution is 6.28. The SMILES string of the molecule is Cc1c[nH]c2nc(Cl)nc(-c3cccc(CC#N)c3)c12. The first-order valence-corrected chi connectivity index (χ1v) is 6.54. The maximum Gasteiger partial charge on any atom is 0.224 e. The Morgan fingerprint density at radius 3 is 3.00 bits per heavy atom. The number of hydrogen-bond acceptors (Lipinski definition) is 3. The number of nitrogens with one attached hydrogen (secondary N) is 1. The van der Waals surface area contributed by atoms with Crippen LogP contribution in [0.15, 0.2) is 30.5 Å². The zero-order chi connectivity index (χ0) is 14.1. The van der Waals surface area contributed by atoms with E-state index in [4.69, 9.17) is 16.9 Å². The number of H-pyrrole nitrogens is 1. The molecule has 1 aromatic carbocycles. The molecule has 0 amide bonds. The third-order valence-corrected chi connectivity index (χ3v) is 3.35. The molecule has 2 heterocycles. The molecule has 0 radical (unpaired) electrons. The zero-order valence-electron chi connectivity index (χ0n) is 10.8. The zero-order valence-corrected chi connectivity index (χ0v) is 11.6. The second-order valence-corrected chi connectivity index (χ2v) is 4.91. The minimum absolute atomic E-state index is 0.208. The molecule has 0 bridgehead atoms. The summed E-state index contributed by atoms with van der Waals surface area (Å²) < 4.78 is 0. The van der Waals surface area contributed by atoms with Gasteiger partial charge in [-0.2, -0.15) is 10.2 Å². The fourth-order valence-electron chi connectivity index (χ4n) is 2.29. The molecule has 1 N–H and O–H groups in total. The lowest BCUT2D eigenvalue weighted by atomic mass is 10.0. The number of nitrogens with zero attached hydrogens (tertiary/aromatic N) is 3. The van der Waals surface area contributed by atoms with Crippen LogP contribution >= 0.6 is 11.6 Å². The summed E-state index contributed by atoms with van der Waals surface area (Å²) in [6.45, 7) is 2.00. The lowest BCUT2D eigenvalue weighted by Crippen LogP contribution is -1.92. The number of benzene rings is 1. The van der Waals surface area contributed by atoms with Gasteiger partial charge >= 0.3 is 0 Å². The minimum Gasteiger partial charge on any atom is -0.346 e. The molecule has 0 fully saturated rings. The fraction of sp³-hybridized carbons (Fsp3) is 0.133. The highest BCUT2D eigenvalue weighted by Crippen LogP contribution is 2.29. The van der Waals surface area contributed by atoms with Crippen molar-refractivity contribution in [2.75, 3.05) is 0 Å². The van der Waals surface area contributed by atoms with E-state index in [2.05, 4.69) is 21.0 Å². The van der Waals surface area contributed by atoms with Crippen LogP contribution in [0.4, 0.5) is 0 Å². The number of aromatic nitrogens is 3. The van der Waals surface area contributed by atoms with E-state index in [1.165, 1.54) is 0 Å². The summed E-state index contributed by atoms with van der Waals surface area (Å²) in [5.41, 5.74) is 4.48. The van der Waals surface area contributed by atoms with Crippen LogP contribution in [0.1, 0.15) is 11.1 Å². The number of rotatable bonds is 2. The lowest BCUT2D eigenvalue weighted by Gasteiger charge is -2.06. The first kappa shape index (κ1) is 12.6. The van der Waals surface area contributed by atoms with Crippen LogP contribution in [0, 0.1) is 18.3 Å². The van der Waals surface area contributed by atoms with Crippen molar-refractivity contribution in [2.24, 2.45) is 0 Å². The minimum atomic E-state index is 0.208. The summed E-state index contributed by atoms with van der Waals surface area (Å²) in [5, 5.41) is 9.98. The number of aromatic amines is 1. The predicted molar refractivity (Wildman–Crippen MR) is 78.4 cm³/mol. The largest absolute Gasteiger partial charge is 0.346 e. The Kier molecular flexibility index (Phi) is 3.13. The van der Waals surface area contributed by atoms with Crippen LogP contribution in [0.3, 0.4) is 0 Å². The molecule has 0 saturated carbocycles. The Morgan fingerprint density at radius 1 is 1.35 bits per heavy atom. The van der Waals surface area contributed by atoms with Gasteiger partial charge in [0, 0.05) is 17.1 Å². The third kappa shape index (κ3) is 2.13. The number of hydrogen-bond donors (Lipinski definition) is 1. The smallest absolute Gasteiger partial charge is 0.224 e. The average Bonchev–Trinajstić information content (AvgIpc) is 2.80. The average molecular weight is 283 g/mol. The van der Waals surface area contributed by atoms with Gasteiger partial charge in [0.2, 0.25) is 5.28 Å². The molecule has 2 aromatic heterocycles. The number of fused-ring (bicyclic) bond motifs is 1. The molecule has 98 valence electrons. The molecule has 0 spiro atoms. The van der Waals surface area contributed by atoms with Gasteiger partial charge in [0.05, 0.1) is 18.2 Å². The van der Waals surface area contributed by atoms with Crippen molar-refractivity contribution >= 4 is 22.6 Å². The molecule has 3 rings (SSSR count). The summed E-state index contributed by atoms with van der Waals surface area (Å²) in [6.07, 6.45) is 2.26. The van der Waals surface area contributed by atoms with Crippen molar-refractivity contribution in [2.45, 2.75) is 13.3 Å². The van der Waals surface area contributed by atoms with Gasteiger partial charge in [-0.25, -0.2) is 4.98 Å². The predicted octanol–water partition coefficient (Wildman–Crippen LogP) is 3.65. The monoisotopic (exact) mass is 282 g/mol.